The molecule has 0 spiro atoms. The van der Waals surface area contributed by atoms with Gasteiger partial charge in [-0.05, 0) is 226 Å². The van der Waals surface area contributed by atoms with Crippen LogP contribution in [0.25, 0.3) is 0 Å². The average molecular weight is 2110 g/mol. The molecule has 15 aliphatic rings. The molecule has 29 nitrogen and oxygen atoms in total. The fourth-order valence-corrected chi connectivity index (χ4v) is 22.3. The number of imidazole rings is 1. The Kier molecular flexibility index (Phi) is 30.7. The van der Waals surface area contributed by atoms with E-state index in [1.165, 1.54) is 72.3 Å². The Labute approximate surface area is 862 Å². The van der Waals surface area contributed by atoms with Gasteiger partial charge in [0.2, 0.25) is 29.5 Å². The van der Waals surface area contributed by atoms with E-state index in [0.29, 0.717) is 121 Å². The van der Waals surface area contributed by atoms with Gasteiger partial charge in [0, 0.05) is 97.3 Å². The molecule has 10 bridgehead atoms. The van der Waals surface area contributed by atoms with Crippen LogP contribution in [0.15, 0.2) is 182 Å². The smallest absolute Gasteiger partial charge is 0.258 e. The first kappa shape index (κ1) is 106. The molecular formula is C106H109Cl5F6N14O15. The topological polar surface area (TPSA) is 373 Å². The maximum Gasteiger partial charge on any atom is 0.258 e. The van der Waals surface area contributed by atoms with Gasteiger partial charge in [-0.15, -0.1) is 0 Å². The molecule has 15 aliphatic carbocycles. The summed E-state index contributed by atoms with van der Waals surface area (Å²) in [5.74, 6) is -2.80. The van der Waals surface area contributed by atoms with E-state index in [0.717, 1.165) is 58.5 Å². The normalized spacial score (nSPS) is 24.5. The van der Waals surface area contributed by atoms with E-state index in [4.69, 9.17) is 81.7 Å². The van der Waals surface area contributed by atoms with E-state index < -0.39 is 39.9 Å². The Morgan fingerprint density at radius 1 is 0.349 bits per heavy atom. The summed E-state index contributed by atoms with van der Waals surface area (Å²) < 4.78 is 111. The van der Waals surface area contributed by atoms with Crippen molar-refractivity contribution < 1.29 is 98.0 Å². The van der Waals surface area contributed by atoms with E-state index in [-0.39, 0.29) is 214 Å². The van der Waals surface area contributed by atoms with Crippen LogP contribution in [0.3, 0.4) is 0 Å². The molecule has 146 heavy (non-hydrogen) atoms. The van der Waals surface area contributed by atoms with Gasteiger partial charge in [-0.25, -0.2) is 31.3 Å². The minimum atomic E-state index is -0.615. The molecule has 10 N–H and O–H groups in total. The van der Waals surface area contributed by atoms with Crippen LogP contribution in [0.1, 0.15) is 167 Å². The van der Waals surface area contributed by atoms with Gasteiger partial charge < -0.3 is 81.4 Å². The number of aromatic nitrogens is 4. The Balaban J connectivity index is 0.000000131. The van der Waals surface area contributed by atoms with Crippen LogP contribution in [0.2, 0.25) is 25.1 Å². The molecule has 2 aromatic heterocycles. The molecule has 0 unspecified atom stereocenters. The van der Waals surface area contributed by atoms with Gasteiger partial charge in [-0.3, -0.25) is 52.6 Å². The standard InChI is InChI=1S/2C23H24ClFN2O3.C22H21ClF2N2O3.2C19H20ClFN4O3/c1-14-3-5-16(6-4-14)15(2)26-21(29)22-11-23(12-22,13-22)27-20(28)10-30-17-7-8-18(24)19(25)9-17;1-14-4-3-5-16(8-14)15(2)26-21(29)22-11-23(12-22,13-22)27-20(28)10-30-17-6-7-18(24)19(25)9-17;1-13-2-3-14(6-17(13)24)8-26-20(29)21-10-22(11-21,12-21)27-19(28)9-30-15-4-5-16(23)18(25)7-15;1-25-12(4-5-23-25)7-22-17(27)18-9-19(10-18,11-18)24-16(26)8-28-13-2-3-14(20)15(21)6-13;1-25-5-4-22-15(25)7-23-17(27)18-9-19(10-18,11-18)24-16(26)8-28-12-2-3-13(20)14(21)6-12/h2*3-9,15H,10-13H2,1-2H3,(H,26,29)(H,27,28);2-7H,8-12H2,1H3,(H,26,29)(H,27,28);2-6H,7-11H2,1H3,(H,22,27)(H,24,26);2-6H,7-11H2,1H3,(H,23,27)(H,24,26)/t2*15-,22?,23?;;;/m00.../s1. The number of aryl methyl sites for hydroxylation is 5. The molecule has 2 atom stereocenters. The molecule has 10 amide bonds. The third-order valence-electron chi connectivity index (χ3n) is 29.1. The molecule has 770 valence electrons. The van der Waals surface area contributed by atoms with Crippen molar-refractivity contribution in [1.29, 1.82) is 0 Å². The number of nitrogens with zero attached hydrogens (tertiary/aromatic N) is 4. The lowest BCUT2D eigenvalue weighted by molar-refractivity contribution is -0.184. The summed E-state index contributed by atoms with van der Waals surface area (Å²) in [7, 11) is 3.70. The monoisotopic (exact) mass is 2110 g/mol. The molecule has 8 aromatic carbocycles. The third kappa shape index (κ3) is 23.6. The maximum atomic E-state index is 13.6. The summed E-state index contributed by atoms with van der Waals surface area (Å²) >= 11 is 28.1. The van der Waals surface area contributed by atoms with Crippen molar-refractivity contribution in [2.45, 2.75) is 190 Å². The fourth-order valence-electron chi connectivity index (χ4n) is 21.7. The van der Waals surface area contributed by atoms with Crippen molar-refractivity contribution >= 4 is 117 Å². The highest BCUT2D eigenvalue weighted by atomic mass is 35.5. The van der Waals surface area contributed by atoms with E-state index >= 15 is 0 Å². The predicted molar refractivity (Wildman–Crippen MR) is 529 cm³/mol. The first-order chi connectivity index (χ1) is 69.2. The molecule has 0 aliphatic heterocycles. The summed E-state index contributed by atoms with van der Waals surface area (Å²) in [5.41, 5.74) is 3.01. The van der Waals surface area contributed by atoms with Crippen molar-refractivity contribution in [3.05, 3.63) is 287 Å². The molecule has 0 saturated heterocycles. The number of carbonyl (C=O) groups excluding carboxylic acids is 10. The van der Waals surface area contributed by atoms with Gasteiger partial charge in [0.05, 0.1) is 83.1 Å². The van der Waals surface area contributed by atoms with E-state index in [9.17, 15) is 74.3 Å². The summed E-state index contributed by atoms with van der Waals surface area (Å²) in [6.07, 6.45) is 14.4. The van der Waals surface area contributed by atoms with Crippen LogP contribution in [-0.4, -0.2) is 139 Å². The van der Waals surface area contributed by atoms with Gasteiger partial charge in [0.15, 0.2) is 33.0 Å². The van der Waals surface area contributed by atoms with Crippen LogP contribution < -0.4 is 76.9 Å². The first-order valence-electron chi connectivity index (χ1n) is 47.5. The van der Waals surface area contributed by atoms with Gasteiger partial charge in [0.25, 0.3) is 29.5 Å². The second-order valence-electron chi connectivity index (χ2n) is 40.8. The quantitative estimate of drug-likeness (QED) is 0.0165. The third-order valence-corrected chi connectivity index (χ3v) is 30.6. The van der Waals surface area contributed by atoms with Crippen molar-refractivity contribution in [2.75, 3.05) is 33.0 Å². The second kappa shape index (κ2) is 42.4. The molecule has 10 aromatic rings. The number of halogens is 11. The average Bonchev–Trinajstić information content (AvgIpc) is 0.847. The molecule has 2 heterocycles. The van der Waals surface area contributed by atoms with Crippen LogP contribution in [0.4, 0.5) is 26.3 Å². The lowest BCUT2D eigenvalue weighted by Crippen LogP contribution is -2.78. The van der Waals surface area contributed by atoms with Gasteiger partial charge in [-0.1, -0.05) is 130 Å². The molecule has 40 heteroatoms. The Hall–Kier alpha value is -13.1. The first-order valence-corrected chi connectivity index (χ1v) is 49.3. The highest BCUT2D eigenvalue weighted by molar-refractivity contribution is 6.32. The van der Waals surface area contributed by atoms with Crippen LogP contribution in [0.5, 0.6) is 28.7 Å². The fraction of sp³-hybridized carbons (Fsp3) is 0.396. The lowest BCUT2D eigenvalue weighted by Gasteiger charge is -2.69. The maximum absolute atomic E-state index is 13.6. The zero-order valence-electron chi connectivity index (χ0n) is 80.8. The van der Waals surface area contributed by atoms with E-state index in [1.54, 1.807) is 36.1 Å². The zero-order chi connectivity index (χ0) is 104. The van der Waals surface area contributed by atoms with Gasteiger partial charge in [-0.2, -0.15) is 5.10 Å². The van der Waals surface area contributed by atoms with E-state index in [1.807, 2.05) is 101 Å². The number of rotatable bonds is 35. The van der Waals surface area contributed by atoms with Crippen molar-refractivity contribution in [3.8, 4) is 28.7 Å². The number of benzene rings is 8. The number of ether oxygens (including phenoxy) is 5. The van der Waals surface area contributed by atoms with Crippen LogP contribution in [0, 0.1) is 82.7 Å². The largest absolute Gasteiger partial charge is 0.484 e. The summed E-state index contributed by atoms with van der Waals surface area (Å²) in [4.78, 5) is 128. The van der Waals surface area contributed by atoms with Crippen LogP contribution in [-0.2, 0) is 81.7 Å². The van der Waals surface area contributed by atoms with Crippen LogP contribution >= 0.6 is 58.0 Å². The highest BCUT2D eigenvalue weighted by Crippen LogP contribution is 2.71. The van der Waals surface area contributed by atoms with Crippen molar-refractivity contribution in [2.24, 2.45) is 41.2 Å². The Morgan fingerprint density at radius 2 is 0.671 bits per heavy atom. The number of hydrogen-bond donors (Lipinski definition) is 10. The molecule has 25 rings (SSSR count). The summed E-state index contributed by atoms with van der Waals surface area (Å²) in [5, 5.41) is 33.7. The number of amides is 10. The van der Waals surface area contributed by atoms with Gasteiger partial charge in [0.1, 0.15) is 69.5 Å². The number of hydrogen-bond acceptors (Lipinski definition) is 17. The zero-order valence-corrected chi connectivity index (χ0v) is 84.6. The minimum Gasteiger partial charge on any atom is -0.484 e. The predicted octanol–water partition coefficient (Wildman–Crippen LogP) is 15.7. The SMILES string of the molecule is Cc1ccc(CNC(=O)C23CC(NC(=O)COc4ccc(Cl)c(F)c4)(C2)C3)cc1F.Cc1ccc([C@H](C)NC(=O)C23CC(NC(=O)COc4ccc(Cl)c(F)c4)(C2)C3)cc1.Cc1cccc([C@H](C)NC(=O)C23CC(NC(=O)COc4ccc(Cl)c(F)c4)(C2)C3)c1.Cn1ccnc1CNC(=O)C12CC(NC(=O)COc3ccc(Cl)c(F)c3)(C1)C2.Cn1nccc1CNC(=O)C12CC(NC(=O)COc3ccc(Cl)c(F)c3)(C1)C2. The summed E-state index contributed by atoms with van der Waals surface area (Å²) in [6.45, 7) is 9.66. The number of nitrogens with one attached hydrogen (secondary N) is 10. The van der Waals surface area contributed by atoms with Crippen molar-refractivity contribution in [3.63, 3.8) is 0 Å². The Morgan fingerprint density at radius 3 is 0.973 bits per heavy atom. The molecule has 15 fully saturated rings. The highest BCUT2D eigenvalue weighted by Gasteiger charge is 2.76. The molecular weight excluding hydrogens is 2000 g/mol. The molecule has 0 radical (unpaired) electrons. The molecule has 15 saturated carbocycles. The summed E-state index contributed by atoms with van der Waals surface area (Å²) in [6, 6.07) is 42.9. The Bertz CT molecular complexity index is 6500. The minimum absolute atomic E-state index is 0.000451. The lowest BCUT2D eigenvalue weighted by atomic mass is 9.39. The number of carbonyl (C=O) groups is 10. The van der Waals surface area contributed by atoms with Crippen molar-refractivity contribution in [1.82, 2.24) is 72.5 Å². The van der Waals surface area contributed by atoms with E-state index in [2.05, 4.69) is 69.3 Å². The van der Waals surface area contributed by atoms with Gasteiger partial charge >= 0.3 is 0 Å². The second-order valence-corrected chi connectivity index (χ2v) is 42.8.